The second kappa shape index (κ2) is 11.8. The van der Waals surface area contributed by atoms with Gasteiger partial charge >= 0.3 is 0 Å². The molecule has 9 nitrogen and oxygen atoms in total. The van der Waals surface area contributed by atoms with Gasteiger partial charge in [0.15, 0.2) is 5.13 Å². The minimum atomic E-state index is -0.233. The van der Waals surface area contributed by atoms with Crippen LogP contribution in [0, 0.1) is 0 Å². The number of nitrogens with one attached hydrogen (secondary N) is 3. The molecule has 2 aromatic carbocycles. The molecule has 0 bridgehead atoms. The van der Waals surface area contributed by atoms with Crippen LogP contribution in [0.1, 0.15) is 16.1 Å². The number of carbonyl (C=O) groups is 1. The number of para-hydroxylation sites is 1. The molecule has 0 aliphatic carbocycles. The predicted molar refractivity (Wildman–Crippen MR) is 146 cm³/mol. The Hall–Kier alpha value is -4.70. The highest BCUT2D eigenvalue weighted by Gasteiger charge is 2.12. The number of pyridine rings is 1. The molecule has 0 aliphatic rings. The number of amides is 1. The highest BCUT2D eigenvalue weighted by atomic mass is 32.1. The number of aryl methyl sites for hydroxylation is 1. The van der Waals surface area contributed by atoms with E-state index in [2.05, 4.69) is 30.9 Å². The van der Waals surface area contributed by atoms with E-state index in [1.807, 2.05) is 77.8 Å². The van der Waals surface area contributed by atoms with Crippen molar-refractivity contribution < 1.29 is 9.53 Å². The van der Waals surface area contributed by atoms with Gasteiger partial charge in [0.05, 0.1) is 12.5 Å². The minimum absolute atomic E-state index is 0.233. The first kappa shape index (κ1) is 24.0. The van der Waals surface area contributed by atoms with E-state index in [0.29, 0.717) is 27.3 Å². The molecule has 1 amide bonds. The molecule has 3 N–H and O–H groups in total. The van der Waals surface area contributed by atoms with Gasteiger partial charge in [0.2, 0.25) is 0 Å². The van der Waals surface area contributed by atoms with Crippen molar-refractivity contribution in [1.82, 2.24) is 19.5 Å². The van der Waals surface area contributed by atoms with E-state index in [1.165, 1.54) is 11.3 Å². The lowest BCUT2D eigenvalue weighted by Gasteiger charge is -2.08. The Labute approximate surface area is 218 Å². The summed E-state index contributed by atoms with van der Waals surface area (Å²) in [7, 11) is 0. The van der Waals surface area contributed by atoms with Crippen LogP contribution in [0.25, 0.3) is 0 Å². The summed E-state index contributed by atoms with van der Waals surface area (Å²) in [6.45, 7) is 1.68. The Morgan fingerprint density at radius 2 is 1.76 bits per heavy atom. The number of carbonyl (C=O) groups excluding carboxylic acids is 1. The van der Waals surface area contributed by atoms with Gasteiger partial charge in [0, 0.05) is 31.2 Å². The highest BCUT2D eigenvalue weighted by molar-refractivity contribution is 7.17. The second-order valence-electron chi connectivity index (χ2n) is 8.04. The van der Waals surface area contributed by atoms with Crippen molar-refractivity contribution in [3.8, 4) is 11.5 Å². The number of rotatable bonds is 11. The number of hydrogen-bond acceptors (Lipinski definition) is 8. The van der Waals surface area contributed by atoms with E-state index < -0.39 is 0 Å². The van der Waals surface area contributed by atoms with Crippen molar-refractivity contribution in [3.63, 3.8) is 0 Å². The van der Waals surface area contributed by atoms with Crippen LogP contribution in [0.3, 0.4) is 0 Å². The maximum Gasteiger partial charge on any atom is 0.267 e. The molecule has 37 heavy (non-hydrogen) atoms. The number of aromatic nitrogens is 4. The van der Waals surface area contributed by atoms with Crippen LogP contribution in [0.4, 0.5) is 22.5 Å². The molecule has 186 valence electrons. The van der Waals surface area contributed by atoms with Crippen LogP contribution >= 0.6 is 11.3 Å². The number of thiazole rings is 1. The summed E-state index contributed by atoms with van der Waals surface area (Å²) >= 11 is 1.26. The van der Waals surface area contributed by atoms with Crippen LogP contribution in [0.2, 0.25) is 0 Å². The van der Waals surface area contributed by atoms with E-state index in [1.54, 1.807) is 24.5 Å². The largest absolute Gasteiger partial charge is 0.457 e. The van der Waals surface area contributed by atoms with Gasteiger partial charge in [-0.25, -0.2) is 15.0 Å². The molecule has 10 heteroatoms. The number of imidazole rings is 1. The first-order chi connectivity index (χ1) is 18.2. The minimum Gasteiger partial charge on any atom is -0.457 e. The van der Waals surface area contributed by atoms with Crippen molar-refractivity contribution in [2.75, 3.05) is 22.5 Å². The van der Waals surface area contributed by atoms with Crippen LogP contribution in [0.15, 0.2) is 97.7 Å². The second-order valence-corrected chi connectivity index (χ2v) is 9.07. The summed E-state index contributed by atoms with van der Waals surface area (Å²) in [5.74, 6) is 2.63. The van der Waals surface area contributed by atoms with Gasteiger partial charge in [-0.1, -0.05) is 35.6 Å². The van der Waals surface area contributed by atoms with E-state index in [9.17, 15) is 4.79 Å². The van der Waals surface area contributed by atoms with Gasteiger partial charge in [-0.15, -0.1) is 0 Å². The molecule has 3 heterocycles. The van der Waals surface area contributed by atoms with E-state index in [-0.39, 0.29) is 5.91 Å². The molecule has 0 atom stereocenters. The predicted octanol–water partition coefficient (Wildman–Crippen LogP) is 6.03. The van der Waals surface area contributed by atoms with Crippen molar-refractivity contribution in [2.45, 2.75) is 13.0 Å². The third-order valence-corrected chi connectivity index (χ3v) is 6.17. The molecule has 5 rings (SSSR count). The quantitative estimate of drug-likeness (QED) is 0.186. The fourth-order valence-electron chi connectivity index (χ4n) is 3.47. The first-order valence-corrected chi connectivity index (χ1v) is 12.6. The van der Waals surface area contributed by atoms with Gasteiger partial charge < -0.3 is 25.3 Å². The zero-order chi connectivity index (χ0) is 25.3. The molecular weight excluding hydrogens is 486 g/mol. The number of benzene rings is 2. The molecular formula is C27H25N7O2S. The number of anilines is 4. The average molecular weight is 512 g/mol. The maximum atomic E-state index is 12.7. The van der Waals surface area contributed by atoms with Crippen molar-refractivity contribution in [2.24, 2.45) is 0 Å². The Kier molecular flexibility index (Phi) is 7.67. The molecule has 0 unspecified atom stereocenters. The molecule has 0 fully saturated rings. The molecule has 0 saturated carbocycles. The van der Waals surface area contributed by atoms with Crippen molar-refractivity contribution in [3.05, 3.63) is 103 Å². The zero-order valence-electron chi connectivity index (χ0n) is 19.9. The van der Waals surface area contributed by atoms with Crippen LogP contribution in [0.5, 0.6) is 11.5 Å². The maximum absolute atomic E-state index is 12.7. The smallest absolute Gasteiger partial charge is 0.267 e. The third kappa shape index (κ3) is 6.92. The van der Waals surface area contributed by atoms with E-state index >= 15 is 0 Å². The van der Waals surface area contributed by atoms with Crippen LogP contribution in [-0.2, 0) is 6.54 Å². The van der Waals surface area contributed by atoms with Gasteiger partial charge in [0.1, 0.15) is 28.0 Å². The van der Waals surface area contributed by atoms with E-state index in [0.717, 1.165) is 31.1 Å². The normalized spacial score (nSPS) is 10.6. The number of ether oxygens (including phenoxy) is 1. The molecule has 5 aromatic rings. The van der Waals surface area contributed by atoms with Gasteiger partial charge in [-0.2, -0.15) is 0 Å². The summed E-state index contributed by atoms with van der Waals surface area (Å²) in [5, 5.41) is 9.98. The standard InChI is InChI=1S/C27H25N7O2S/c35-26(31-20-10-12-22(13-11-20)36-21-6-2-1-3-7-21)23-18-30-27(37-23)33-25-9-4-8-24(32-25)29-14-5-16-34-17-15-28-19-34/h1-4,6-13,15,17-19H,5,14,16H2,(H,31,35)(H2,29,30,32,33). The van der Waals surface area contributed by atoms with Gasteiger partial charge in [-0.3, -0.25) is 4.79 Å². The summed E-state index contributed by atoms with van der Waals surface area (Å²) in [6.07, 6.45) is 8.03. The number of hydrogen-bond donors (Lipinski definition) is 3. The Bertz CT molecular complexity index is 1420. The summed E-state index contributed by atoms with van der Waals surface area (Å²) in [5.41, 5.74) is 0.668. The SMILES string of the molecule is O=C(Nc1ccc(Oc2ccccc2)cc1)c1cnc(Nc2cccc(NCCCn3ccnc3)n2)s1. The third-order valence-electron chi connectivity index (χ3n) is 5.26. The summed E-state index contributed by atoms with van der Waals surface area (Å²) < 4.78 is 7.83. The summed E-state index contributed by atoms with van der Waals surface area (Å²) in [6, 6.07) is 22.5. The van der Waals surface area contributed by atoms with Crippen molar-refractivity contribution >= 4 is 39.7 Å². The lowest BCUT2D eigenvalue weighted by Crippen LogP contribution is -2.09. The molecule has 3 aromatic heterocycles. The van der Waals surface area contributed by atoms with E-state index in [4.69, 9.17) is 4.74 Å². The lowest BCUT2D eigenvalue weighted by atomic mass is 10.3. The molecule has 0 aliphatic heterocycles. The fourth-order valence-corrected chi connectivity index (χ4v) is 4.19. The zero-order valence-corrected chi connectivity index (χ0v) is 20.7. The average Bonchev–Trinajstić information content (AvgIpc) is 3.61. The lowest BCUT2D eigenvalue weighted by molar-refractivity contribution is 0.103. The topological polar surface area (TPSA) is 106 Å². The Balaban J connectivity index is 1.12. The van der Waals surface area contributed by atoms with Crippen LogP contribution < -0.4 is 20.7 Å². The van der Waals surface area contributed by atoms with Crippen LogP contribution in [-0.4, -0.2) is 32.0 Å². The molecule has 0 spiro atoms. The van der Waals surface area contributed by atoms with Crippen molar-refractivity contribution in [1.29, 1.82) is 0 Å². The first-order valence-electron chi connectivity index (χ1n) is 11.8. The fraction of sp³-hybridized carbons (Fsp3) is 0.111. The van der Waals surface area contributed by atoms with Gasteiger partial charge in [-0.05, 0) is 55.0 Å². The van der Waals surface area contributed by atoms with Gasteiger partial charge in [0.25, 0.3) is 5.91 Å². The monoisotopic (exact) mass is 511 g/mol. The number of nitrogens with zero attached hydrogens (tertiary/aromatic N) is 4. The highest BCUT2D eigenvalue weighted by Crippen LogP contribution is 2.25. The summed E-state index contributed by atoms with van der Waals surface area (Å²) in [4.78, 5) is 26.1. The molecule has 0 radical (unpaired) electrons. The Morgan fingerprint density at radius 3 is 2.57 bits per heavy atom. The Morgan fingerprint density at radius 1 is 0.946 bits per heavy atom. The molecule has 0 saturated heterocycles.